The van der Waals surface area contributed by atoms with Gasteiger partial charge in [0.1, 0.15) is 16.9 Å². The SMILES string of the molecule is O=C(Nc1nc2ccccc2s1)c1cc2ccc(O)cc2oc1=O. The van der Waals surface area contributed by atoms with E-state index in [0.29, 0.717) is 10.5 Å². The molecule has 2 aromatic heterocycles. The van der Waals surface area contributed by atoms with Crippen LogP contribution in [0.2, 0.25) is 0 Å². The molecule has 0 bridgehead atoms. The van der Waals surface area contributed by atoms with Gasteiger partial charge >= 0.3 is 5.63 Å². The highest BCUT2D eigenvalue weighted by molar-refractivity contribution is 7.22. The molecule has 0 aliphatic rings. The number of phenols is 1. The van der Waals surface area contributed by atoms with Crippen LogP contribution in [0, 0.1) is 0 Å². The second-order valence-electron chi connectivity index (χ2n) is 5.11. The van der Waals surface area contributed by atoms with Crippen LogP contribution in [0.5, 0.6) is 5.75 Å². The van der Waals surface area contributed by atoms with E-state index < -0.39 is 11.5 Å². The van der Waals surface area contributed by atoms with Gasteiger partial charge < -0.3 is 9.52 Å². The maximum Gasteiger partial charge on any atom is 0.349 e. The van der Waals surface area contributed by atoms with Crippen LogP contribution >= 0.6 is 11.3 Å². The van der Waals surface area contributed by atoms with Crippen molar-refractivity contribution in [3.63, 3.8) is 0 Å². The summed E-state index contributed by atoms with van der Waals surface area (Å²) in [6.07, 6.45) is 0. The third kappa shape index (κ3) is 2.50. The largest absolute Gasteiger partial charge is 0.508 e. The number of rotatable bonds is 2. The number of nitrogens with one attached hydrogen (secondary N) is 1. The molecule has 0 aliphatic heterocycles. The number of carbonyl (C=O) groups is 1. The van der Waals surface area contributed by atoms with E-state index in [0.717, 1.165) is 10.2 Å². The van der Waals surface area contributed by atoms with Gasteiger partial charge in [0.05, 0.1) is 10.2 Å². The molecule has 0 saturated carbocycles. The number of hydrogen-bond donors (Lipinski definition) is 2. The minimum Gasteiger partial charge on any atom is -0.508 e. The number of thiazole rings is 1. The van der Waals surface area contributed by atoms with Gasteiger partial charge in [-0.05, 0) is 30.3 Å². The summed E-state index contributed by atoms with van der Waals surface area (Å²) in [5, 5.41) is 13.0. The monoisotopic (exact) mass is 338 g/mol. The van der Waals surface area contributed by atoms with Gasteiger partial charge in [-0.1, -0.05) is 23.5 Å². The summed E-state index contributed by atoms with van der Waals surface area (Å²) in [5.74, 6) is -0.602. The number of para-hydroxylation sites is 1. The minimum absolute atomic E-state index is 0.0164. The van der Waals surface area contributed by atoms with E-state index in [1.54, 1.807) is 6.07 Å². The Morgan fingerprint density at radius 3 is 2.83 bits per heavy atom. The molecule has 0 saturated heterocycles. The van der Waals surface area contributed by atoms with Gasteiger partial charge in [0.15, 0.2) is 5.13 Å². The Balaban J connectivity index is 1.71. The molecule has 0 unspecified atom stereocenters. The molecule has 4 rings (SSSR count). The molecule has 0 spiro atoms. The molecule has 2 N–H and O–H groups in total. The molecule has 2 aromatic carbocycles. The molecule has 118 valence electrons. The molecule has 1 amide bonds. The zero-order valence-corrected chi connectivity index (χ0v) is 13.0. The lowest BCUT2D eigenvalue weighted by atomic mass is 10.1. The van der Waals surface area contributed by atoms with Crippen LogP contribution in [0.1, 0.15) is 10.4 Å². The summed E-state index contributed by atoms with van der Waals surface area (Å²) in [4.78, 5) is 28.7. The first-order chi connectivity index (χ1) is 11.6. The molecule has 6 nitrogen and oxygen atoms in total. The summed E-state index contributed by atoms with van der Waals surface area (Å²) in [5.41, 5.74) is 0.106. The molecule has 0 aliphatic carbocycles. The number of amides is 1. The zero-order valence-electron chi connectivity index (χ0n) is 12.1. The summed E-state index contributed by atoms with van der Waals surface area (Å²) in [6, 6.07) is 13.3. The predicted octanol–water partition coefficient (Wildman–Crippen LogP) is 3.36. The van der Waals surface area contributed by atoms with E-state index in [4.69, 9.17) is 4.42 Å². The van der Waals surface area contributed by atoms with Crippen LogP contribution < -0.4 is 10.9 Å². The van der Waals surface area contributed by atoms with E-state index in [-0.39, 0.29) is 16.9 Å². The standard InChI is InChI=1S/C17H10N2O4S/c20-10-6-5-9-7-11(16(22)23-13(9)8-10)15(21)19-17-18-12-3-1-2-4-14(12)24-17/h1-8,20H,(H,18,19,21). The van der Waals surface area contributed by atoms with Crippen LogP contribution in [0.25, 0.3) is 21.2 Å². The average molecular weight is 338 g/mol. The summed E-state index contributed by atoms with van der Waals surface area (Å²) in [6.45, 7) is 0. The summed E-state index contributed by atoms with van der Waals surface area (Å²) >= 11 is 1.32. The smallest absolute Gasteiger partial charge is 0.349 e. The number of nitrogens with zero attached hydrogens (tertiary/aromatic N) is 1. The number of aromatic nitrogens is 1. The van der Waals surface area contributed by atoms with Crippen LogP contribution in [0.3, 0.4) is 0 Å². The number of anilines is 1. The van der Waals surface area contributed by atoms with Crippen molar-refractivity contribution in [3.8, 4) is 5.75 Å². The quantitative estimate of drug-likeness (QED) is 0.547. The molecule has 0 fully saturated rings. The molecule has 2 heterocycles. The molecular formula is C17H10N2O4S. The number of aromatic hydroxyl groups is 1. The first-order valence-corrected chi connectivity index (χ1v) is 7.85. The van der Waals surface area contributed by atoms with Crippen LogP contribution in [0.4, 0.5) is 5.13 Å². The van der Waals surface area contributed by atoms with Crippen molar-refractivity contribution in [1.82, 2.24) is 4.98 Å². The third-order valence-electron chi connectivity index (χ3n) is 3.48. The predicted molar refractivity (Wildman–Crippen MR) is 91.7 cm³/mol. The van der Waals surface area contributed by atoms with Crippen LogP contribution in [-0.2, 0) is 0 Å². The minimum atomic E-state index is -0.772. The molecule has 0 atom stereocenters. The average Bonchev–Trinajstić information content (AvgIpc) is 2.96. The molecule has 4 aromatic rings. The maximum absolute atomic E-state index is 12.4. The first-order valence-electron chi connectivity index (χ1n) is 7.04. The summed E-state index contributed by atoms with van der Waals surface area (Å²) < 4.78 is 6.04. The highest BCUT2D eigenvalue weighted by atomic mass is 32.1. The lowest BCUT2D eigenvalue weighted by Gasteiger charge is -2.02. The van der Waals surface area contributed by atoms with Crippen molar-refractivity contribution >= 4 is 43.6 Å². The van der Waals surface area contributed by atoms with Gasteiger partial charge in [0.2, 0.25) is 0 Å². The Kier molecular flexibility index (Phi) is 3.28. The number of carbonyl (C=O) groups excluding carboxylic acids is 1. The Hall–Kier alpha value is -3.19. The van der Waals surface area contributed by atoms with E-state index >= 15 is 0 Å². The van der Waals surface area contributed by atoms with Crippen molar-refractivity contribution in [3.05, 3.63) is 64.5 Å². The highest BCUT2D eigenvalue weighted by Gasteiger charge is 2.16. The molecule has 24 heavy (non-hydrogen) atoms. The zero-order chi connectivity index (χ0) is 16.7. The van der Waals surface area contributed by atoms with Gasteiger partial charge in [0, 0.05) is 11.5 Å². The Morgan fingerprint density at radius 1 is 1.17 bits per heavy atom. The van der Waals surface area contributed by atoms with Crippen molar-refractivity contribution in [2.24, 2.45) is 0 Å². The first kappa shape index (κ1) is 14.4. The van der Waals surface area contributed by atoms with E-state index in [1.807, 2.05) is 24.3 Å². The topological polar surface area (TPSA) is 92.4 Å². The van der Waals surface area contributed by atoms with Gasteiger partial charge in [0.25, 0.3) is 5.91 Å². The Labute approximate surface area is 139 Å². The van der Waals surface area contributed by atoms with Gasteiger partial charge in [-0.25, -0.2) is 9.78 Å². The van der Waals surface area contributed by atoms with Crippen molar-refractivity contribution < 1.29 is 14.3 Å². The second kappa shape index (κ2) is 5.47. The van der Waals surface area contributed by atoms with Crippen molar-refractivity contribution in [2.45, 2.75) is 0 Å². The van der Waals surface area contributed by atoms with Gasteiger partial charge in [-0.15, -0.1) is 0 Å². The van der Waals surface area contributed by atoms with E-state index in [9.17, 15) is 14.7 Å². The van der Waals surface area contributed by atoms with Crippen molar-refractivity contribution in [1.29, 1.82) is 0 Å². The van der Waals surface area contributed by atoms with Crippen LogP contribution in [-0.4, -0.2) is 16.0 Å². The molecule has 0 radical (unpaired) electrons. The fourth-order valence-corrected chi connectivity index (χ4v) is 3.21. The number of fused-ring (bicyclic) bond motifs is 2. The Morgan fingerprint density at radius 2 is 2.00 bits per heavy atom. The fraction of sp³-hybridized carbons (Fsp3) is 0. The molecular weight excluding hydrogens is 328 g/mol. The number of phenolic OH excluding ortho intramolecular Hbond substituents is 1. The van der Waals surface area contributed by atoms with Gasteiger partial charge in [-0.2, -0.15) is 0 Å². The lowest BCUT2D eigenvalue weighted by molar-refractivity contribution is 0.102. The van der Waals surface area contributed by atoms with Crippen molar-refractivity contribution in [2.75, 3.05) is 5.32 Å². The normalized spacial score (nSPS) is 11.0. The number of benzene rings is 2. The maximum atomic E-state index is 12.4. The van der Waals surface area contributed by atoms with Crippen LogP contribution in [0.15, 0.2) is 57.7 Å². The summed E-state index contributed by atoms with van der Waals surface area (Å²) in [7, 11) is 0. The van der Waals surface area contributed by atoms with E-state index in [1.165, 1.54) is 29.5 Å². The fourth-order valence-electron chi connectivity index (χ4n) is 2.35. The highest BCUT2D eigenvalue weighted by Crippen LogP contribution is 2.26. The van der Waals surface area contributed by atoms with Gasteiger partial charge in [-0.3, -0.25) is 10.1 Å². The molecule has 7 heteroatoms. The second-order valence-corrected chi connectivity index (χ2v) is 6.14. The number of hydrogen-bond acceptors (Lipinski definition) is 6. The van der Waals surface area contributed by atoms with E-state index in [2.05, 4.69) is 10.3 Å². The Bertz CT molecular complexity index is 1110. The third-order valence-corrected chi connectivity index (χ3v) is 4.43. The lowest BCUT2D eigenvalue weighted by Crippen LogP contribution is -2.20.